The van der Waals surface area contributed by atoms with E-state index >= 15 is 0 Å². The van der Waals surface area contributed by atoms with Crippen LogP contribution in [0.1, 0.15) is 34.2 Å². The van der Waals surface area contributed by atoms with Crippen molar-refractivity contribution in [3.63, 3.8) is 0 Å². The average Bonchev–Trinajstić information content (AvgIpc) is 2.68. The van der Waals surface area contributed by atoms with Crippen LogP contribution >= 0.6 is 23.2 Å². The van der Waals surface area contributed by atoms with Crippen LogP contribution in [0.4, 0.5) is 4.79 Å². The van der Waals surface area contributed by atoms with Crippen LogP contribution in [0.2, 0.25) is 10.0 Å². The average molecular weight is 420 g/mol. The number of hydrogen-bond donors (Lipinski definition) is 1. The summed E-state index contributed by atoms with van der Waals surface area (Å²) in [7, 11) is 2.09. The zero-order valence-corrected chi connectivity index (χ0v) is 17.2. The highest BCUT2D eigenvalue weighted by Crippen LogP contribution is 2.39. The molecule has 2 unspecified atom stereocenters. The standard InChI is InChI=1S/C21H23Cl2N3O2/c1-25-10-17(16-8-15(22)9-19(23)18(16)11-25)13-3-2-4-14(7-13)20-12-28-6-5-26(20)21(24)27/h2-4,7-9,17,20H,5-6,10-12H2,1H3,(H2,24,27). The zero-order valence-electron chi connectivity index (χ0n) is 15.7. The molecule has 2 aromatic carbocycles. The van der Waals surface area contributed by atoms with E-state index in [4.69, 9.17) is 33.7 Å². The Labute approximate surface area is 175 Å². The van der Waals surface area contributed by atoms with E-state index < -0.39 is 6.03 Å². The van der Waals surface area contributed by atoms with Gasteiger partial charge in [-0.15, -0.1) is 0 Å². The van der Waals surface area contributed by atoms with Crippen LogP contribution < -0.4 is 5.73 Å². The fraction of sp³-hybridized carbons (Fsp3) is 0.381. The fourth-order valence-electron chi connectivity index (χ4n) is 4.26. The van der Waals surface area contributed by atoms with Gasteiger partial charge in [0.1, 0.15) is 0 Å². The molecule has 2 aliphatic heterocycles. The number of likely N-dealkylation sites (N-methyl/N-ethyl adjacent to an activating group) is 1. The maximum atomic E-state index is 11.9. The molecule has 2 atom stereocenters. The van der Waals surface area contributed by atoms with E-state index in [9.17, 15) is 4.79 Å². The van der Waals surface area contributed by atoms with E-state index in [-0.39, 0.29) is 12.0 Å². The van der Waals surface area contributed by atoms with Gasteiger partial charge in [-0.25, -0.2) is 4.79 Å². The van der Waals surface area contributed by atoms with Gasteiger partial charge in [0.2, 0.25) is 0 Å². The number of primary amides is 1. The Balaban J connectivity index is 1.73. The van der Waals surface area contributed by atoms with E-state index in [1.54, 1.807) is 11.0 Å². The summed E-state index contributed by atoms with van der Waals surface area (Å²) in [5, 5.41) is 1.35. The molecule has 7 heteroatoms. The van der Waals surface area contributed by atoms with Crippen LogP contribution in [0.25, 0.3) is 0 Å². The third-order valence-corrected chi connectivity index (χ3v) is 6.16. The molecule has 148 valence electrons. The Morgan fingerprint density at radius 2 is 2.00 bits per heavy atom. The Morgan fingerprint density at radius 3 is 2.79 bits per heavy atom. The molecular weight excluding hydrogens is 397 g/mol. The minimum Gasteiger partial charge on any atom is -0.377 e. The number of amides is 2. The number of morpholine rings is 1. The quantitative estimate of drug-likeness (QED) is 0.799. The fourth-order valence-corrected chi connectivity index (χ4v) is 4.83. The first-order chi connectivity index (χ1) is 13.4. The van der Waals surface area contributed by atoms with Crippen LogP contribution in [0.15, 0.2) is 36.4 Å². The number of urea groups is 1. The highest BCUT2D eigenvalue weighted by molar-refractivity contribution is 6.35. The third kappa shape index (κ3) is 3.72. The van der Waals surface area contributed by atoms with Crippen molar-refractivity contribution < 1.29 is 9.53 Å². The van der Waals surface area contributed by atoms with Crippen molar-refractivity contribution in [3.05, 3.63) is 68.7 Å². The molecule has 0 bridgehead atoms. The van der Waals surface area contributed by atoms with Crippen LogP contribution in [0, 0.1) is 0 Å². The summed E-state index contributed by atoms with van der Waals surface area (Å²) >= 11 is 12.8. The van der Waals surface area contributed by atoms with Gasteiger partial charge in [-0.2, -0.15) is 0 Å². The van der Waals surface area contributed by atoms with Crippen molar-refractivity contribution in [2.75, 3.05) is 33.4 Å². The molecule has 0 spiro atoms. The molecule has 2 amide bonds. The first-order valence-electron chi connectivity index (χ1n) is 9.34. The van der Waals surface area contributed by atoms with Crippen LogP contribution in [-0.2, 0) is 11.3 Å². The summed E-state index contributed by atoms with van der Waals surface area (Å²) in [5.41, 5.74) is 10.1. The first kappa shape index (κ1) is 19.5. The second-order valence-corrected chi connectivity index (χ2v) is 8.34. The summed E-state index contributed by atoms with van der Waals surface area (Å²) in [5.74, 6) is 0.149. The number of fused-ring (bicyclic) bond motifs is 1. The van der Waals surface area contributed by atoms with Crippen molar-refractivity contribution in [2.45, 2.75) is 18.5 Å². The smallest absolute Gasteiger partial charge is 0.315 e. The van der Waals surface area contributed by atoms with Gasteiger partial charge in [-0.3, -0.25) is 0 Å². The summed E-state index contributed by atoms with van der Waals surface area (Å²) < 4.78 is 5.61. The van der Waals surface area contributed by atoms with Crippen molar-refractivity contribution >= 4 is 29.2 Å². The molecule has 5 nitrogen and oxygen atoms in total. The number of ether oxygens (including phenoxy) is 1. The van der Waals surface area contributed by atoms with Crippen molar-refractivity contribution in [3.8, 4) is 0 Å². The normalized spacial score (nSPS) is 22.8. The Kier molecular flexibility index (Phi) is 5.52. The molecule has 0 aliphatic carbocycles. The molecule has 28 heavy (non-hydrogen) atoms. The third-order valence-electron chi connectivity index (χ3n) is 5.60. The number of benzene rings is 2. The summed E-state index contributed by atoms with van der Waals surface area (Å²) in [6, 6.07) is 11.6. The highest BCUT2D eigenvalue weighted by Gasteiger charge is 2.30. The number of nitrogens with two attached hydrogens (primary N) is 1. The topological polar surface area (TPSA) is 58.8 Å². The molecule has 2 aliphatic rings. The van der Waals surface area contributed by atoms with Gasteiger partial charge in [0, 0.05) is 35.6 Å². The molecule has 2 aromatic rings. The molecule has 0 radical (unpaired) electrons. The first-order valence-corrected chi connectivity index (χ1v) is 10.1. The Morgan fingerprint density at radius 1 is 1.21 bits per heavy atom. The second-order valence-electron chi connectivity index (χ2n) is 7.50. The maximum absolute atomic E-state index is 11.9. The zero-order chi connectivity index (χ0) is 19.8. The molecule has 1 saturated heterocycles. The van der Waals surface area contributed by atoms with E-state index in [1.807, 2.05) is 18.2 Å². The van der Waals surface area contributed by atoms with Gasteiger partial charge in [-0.05, 0) is 41.4 Å². The lowest BCUT2D eigenvalue weighted by Gasteiger charge is -2.36. The summed E-state index contributed by atoms with van der Waals surface area (Å²) in [6.45, 7) is 3.13. The molecule has 2 heterocycles. The number of carbonyl (C=O) groups is 1. The van der Waals surface area contributed by atoms with Gasteiger partial charge in [0.15, 0.2) is 0 Å². The Bertz CT molecular complexity index is 905. The van der Waals surface area contributed by atoms with E-state index in [0.717, 1.165) is 24.2 Å². The molecule has 1 fully saturated rings. The lowest BCUT2D eigenvalue weighted by molar-refractivity contribution is 0.0137. The Hall–Kier alpha value is -1.79. The number of carbonyl (C=O) groups excluding carboxylic acids is 1. The van der Waals surface area contributed by atoms with Gasteiger partial charge in [0.25, 0.3) is 0 Å². The van der Waals surface area contributed by atoms with Crippen molar-refractivity contribution in [1.29, 1.82) is 0 Å². The van der Waals surface area contributed by atoms with Gasteiger partial charge >= 0.3 is 6.03 Å². The number of halogens is 2. The minimum atomic E-state index is -0.417. The molecule has 4 rings (SSSR count). The van der Waals surface area contributed by atoms with Crippen molar-refractivity contribution in [1.82, 2.24) is 9.80 Å². The van der Waals surface area contributed by atoms with Crippen LogP contribution in [0.5, 0.6) is 0 Å². The van der Waals surface area contributed by atoms with Gasteiger partial charge in [-0.1, -0.05) is 47.5 Å². The van der Waals surface area contributed by atoms with E-state index in [0.29, 0.717) is 29.8 Å². The van der Waals surface area contributed by atoms with Gasteiger partial charge in [0.05, 0.1) is 19.3 Å². The molecule has 2 N–H and O–H groups in total. The predicted octanol–water partition coefficient (Wildman–Crippen LogP) is 4.02. The number of nitrogens with zero attached hydrogens (tertiary/aromatic N) is 2. The SMILES string of the molecule is CN1Cc2c(Cl)cc(Cl)cc2C(c2cccc(C3COCCN3C(N)=O)c2)C1. The maximum Gasteiger partial charge on any atom is 0.315 e. The van der Waals surface area contributed by atoms with Gasteiger partial charge < -0.3 is 20.3 Å². The minimum absolute atomic E-state index is 0.149. The largest absolute Gasteiger partial charge is 0.377 e. The van der Waals surface area contributed by atoms with Crippen LogP contribution in [-0.4, -0.2) is 49.2 Å². The molecular formula is C21H23Cl2N3O2. The summed E-state index contributed by atoms with van der Waals surface area (Å²) in [4.78, 5) is 15.8. The molecule has 0 aromatic heterocycles. The van der Waals surface area contributed by atoms with E-state index in [1.165, 1.54) is 11.1 Å². The molecule has 0 saturated carbocycles. The van der Waals surface area contributed by atoms with E-state index in [2.05, 4.69) is 24.1 Å². The highest BCUT2D eigenvalue weighted by atomic mass is 35.5. The monoisotopic (exact) mass is 419 g/mol. The lowest BCUT2D eigenvalue weighted by atomic mass is 9.83. The predicted molar refractivity (Wildman–Crippen MR) is 111 cm³/mol. The lowest BCUT2D eigenvalue weighted by Crippen LogP contribution is -2.46. The second kappa shape index (κ2) is 7.91. The van der Waals surface area contributed by atoms with Crippen molar-refractivity contribution in [2.24, 2.45) is 5.73 Å². The number of rotatable bonds is 2. The van der Waals surface area contributed by atoms with Crippen LogP contribution in [0.3, 0.4) is 0 Å². The number of hydrogen-bond acceptors (Lipinski definition) is 3. The summed E-state index contributed by atoms with van der Waals surface area (Å²) in [6.07, 6.45) is 0.